The van der Waals surface area contributed by atoms with Crippen LogP contribution in [0.5, 0.6) is 0 Å². The summed E-state index contributed by atoms with van der Waals surface area (Å²) in [6, 6.07) is 5.06. The van der Waals surface area contributed by atoms with Crippen LogP contribution < -0.4 is 0 Å². The molecule has 0 aromatic heterocycles. The maximum atomic E-state index is 12.4. The molecule has 2 rings (SSSR count). The summed E-state index contributed by atoms with van der Waals surface area (Å²) in [7, 11) is 0. The van der Waals surface area contributed by atoms with E-state index in [4.69, 9.17) is 40.2 Å². The molecule has 4 nitrogen and oxygen atoms in total. The lowest BCUT2D eigenvalue weighted by molar-refractivity contribution is -0.146. The van der Waals surface area contributed by atoms with Crippen LogP contribution >= 0.6 is 47.2 Å². The van der Waals surface area contributed by atoms with Crippen LogP contribution in [0, 0.1) is 0 Å². The number of halogens is 2. The first-order valence-electron chi connectivity index (χ1n) is 6.78. The zero-order valence-corrected chi connectivity index (χ0v) is 15.3. The largest absolute Gasteiger partial charge is 0.464 e. The average Bonchev–Trinajstić information content (AvgIpc) is 2.76. The summed E-state index contributed by atoms with van der Waals surface area (Å²) in [6.07, 6.45) is 2.39. The van der Waals surface area contributed by atoms with Crippen molar-refractivity contribution < 1.29 is 14.3 Å². The second-order valence-electron chi connectivity index (χ2n) is 4.66. The van der Waals surface area contributed by atoms with Crippen LogP contribution in [-0.2, 0) is 14.3 Å². The van der Waals surface area contributed by atoms with E-state index in [2.05, 4.69) is 0 Å². The Bertz CT molecular complexity index is 691. The van der Waals surface area contributed by atoms with Crippen molar-refractivity contribution in [3.8, 4) is 0 Å². The van der Waals surface area contributed by atoms with E-state index in [-0.39, 0.29) is 12.5 Å². The first-order chi connectivity index (χ1) is 10.9. The van der Waals surface area contributed by atoms with Crippen LogP contribution in [0.15, 0.2) is 23.1 Å². The van der Waals surface area contributed by atoms with Crippen LogP contribution in [-0.4, -0.2) is 34.2 Å². The smallest absolute Gasteiger partial charge is 0.326 e. The van der Waals surface area contributed by atoms with E-state index in [0.717, 1.165) is 23.7 Å². The fraction of sp³-hybridized carbons (Fsp3) is 0.267. The molecule has 1 aliphatic heterocycles. The van der Waals surface area contributed by atoms with Crippen molar-refractivity contribution in [3.63, 3.8) is 0 Å². The molecular weight excluding hydrogens is 377 g/mol. The summed E-state index contributed by atoms with van der Waals surface area (Å²) in [6.45, 7) is 2.04. The topological polar surface area (TPSA) is 46.6 Å². The molecule has 1 saturated heterocycles. The number of carbonyl (C=O) groups excluding carboxylic acids is 2. The second-order valence-corrected chi connectivity index (χ2v) is 7.15. The number of thiocarbonyl (C=S) groups is 1. The Hall–Kier alpha value is -1.08. The summed E-state index contributed by atoms with van der Waals surface area (Å²) in [4.78, 5) is 25.7. The van der Waals surface area contributed by atoms with Gasteiger partial charge in [-0.05, 0) is 30.2 Å². The molecule has 1 aromatic carbocycles. The molecule has 23 heavy (non-hydrogen) atoms. The van der Waals surface area contributed by atoms with Gasteiger partial charge in [-0.3, -0.25) is 14.5 Å². The summed E-state index contributed by atoms with van der Waals surface area (Å²) in [5.41, 5.74) is 0.730. The monoisotopic (exact) mass is 389 g/mol. The number of amides is 1. The van der Waals surface area contributed by atoms with Crippen molar-refractivity contribution in [3.05, 3.63) is 38.7 Å². The zero-order chi connectivity index (χ0) is 17.0. The van der Waals surface area contributed by atoms with Crippen LogP contribution in [0.2, 0.25) is 10.0 Å². The van der Waals surface area contributed by atoms with Gasteiger partial charge in [0.05, 0.1) is 21.6 Å². The standard InChI is InChI=1S/C15H13Cl2NO3S2/c1-2-5-21-13(19)8-18-14(20)12(23-15(18)22)7-9-3-4-10(16)11(17)6-9/h3-4,6-7H,2,5,8H2,1H3/b12-7-. The third-order valence-corrected chi connectivity index (χ3v) is 4.99. The van der Waals surface area contributed by atoms with Gasteiger partial charge in [-0.1, -0.05) is 60.2 Å². The molecule has 1 aliphatic rings. The van der Waals surface area contributed by atoms with Gasteiger partial charge >= 0.3 is 5.97 Å². The Balaban J connectivity index is 2.12. The Morgan fingerprint density at radius 1 is 1.39 bits per heavy atom. The highest BCUT2D eigenvalue weighted by Crippen LogP contribution is 2.33. The lowest BCUT2D eigenvalue weighted by atomic mass is 10.2. The van der Waals surface area contributed by atoms with Crippen molar-refractivity contribution in [2.45, 2.75) is 13.3 Å². The number of rotatable bonds is 5. The number of benzene rings is 1. The highest BCUT2D eigenvalue weighted by atomic mass is 35.5. The fourth-order valence-corrected chi connectivity index (χ4v) is 3.34. The van der Waals surface area contributed by atoms with Crippen molar-refractivity contribution in [2.75, 3.05) is 13.2 Å². The Labute approximate surface area is 153 Å². The minimum Gasteiger partial charge on any atom is -0.464 e. The molecule has 0 saturated carbocycles. The lowest BCUT2D eigenvalue weighted by Crippen LogP contribution is -2.34. The molecule has 0 bridgehead atoms. The van der Waals surface area contributed by atoms with Gasteiger partial charge in [0.25, 0.3) is 5.91 Å². The number of hydrogen-bond acceptors (Lipinski definition) is 5. The van der Waals surface area contributed by atoms with Crippen LogP contribution in [0.3, 0.4) is 0 Å². The zero-order valence-electron chi connectivity index (χ0n) is 12.2. The first kappa shape index (κ1) is 18.3. The van der Waals surface area contributed by atoms with Gasteiger partial charge in [-0.25, -0.2) is 0 Å². The maximum absolute atomic E-state index is 12.4. The number of hydrogen-bond donors (Lipinski definition) is 0. The number of carbonyl (C=O) groups is 2. The van der Waals surface area contributed by atoms with Gasteiger partial charge in [0, 0.05) is 0 Å². The Morgan fingerprint density at radius 2 is 2.13 bits per heavy atom. The van der Waals surface area contributed by atoms with Crippen LogP contribution in [0.4, 0.5) is 0 Å². The van der Waals surface area contributed by atoms with E-state index >= 15 is 0 Å². The molecular formula is C15H13Cl2NO3S2. The summed E-state index contributed by atoms with van der Waals surface area (Å²) < 4.78 is 5.31. The van der Waals surface area contributed by atoms with Gasteiger partial charge < -0.3 is 4.74 Å². The van der Waals surface area contributed by atoms with Gasteiger partial charge in [-0.2, -0.15) is 0 Å². The molecule has 0 atom stereocenters. The molecule has 0 unspecified atom stereocenters. The predicted octanol–water partition coefficient (Wildman–Crippen LogP) is 4.15. The Kier molecular flexibility index (Phi) is 6.47. The molecule has 0 radical (unpaired) electrons. The lowest BCUT2D eigenvalue weighted by Gasteiger charge is -2.13. The van der Waals surface area contributed by atoms with Crippen LogP contribution in [0.1, 0.15) is 18.9 Å². The summed E-state index contributed by atoms with van der Waals surface area (Å²) in [5, 5.41) is 0.842. The van der Waals surface area contributed by atoms with E-state index in [0.29, 0.717) is 25.9 Å². The normalized spacial score (nSPS) is 16.3. The van der Waals surface area contributed by atoms with Gasteiger partial charge in [0.1, 0.15) is 10.9 Å². The van der Waals surface area contributed by atoms with E-state index in [1.165, 1.54) is 4.90 Å². The molecule has 0 N–H and O–H groups in total. The number of nitrogens with zero attached hydrogens (tertiary/aromatic N) is 1. The first-order valence-corrected chi connectivity index (χ1v) is 8.76. The molecule has 0 spiro atoms. The summed E-state index contributed by atoms with van der Waals surface area (Å²) >= 11 is 18.1. The average molecular weight is 390 g/mol. The summed E-state index contributed by atoms with van der Waals surface area (Å²) in [5.74, 6) is -0.793. The van der Waals surface area contributed by atoms with Crippen LogP contribution in [0.25, 0.3) is 6.08 Å². The van der Waals surface area contributed by atoms with E-state index in [1.54, 1.807) is 24.3 Å². The fourth-order valence-electron chi connectivity index (χ4n) is 1.78. The molecule has 1 aromatic rings. The second kappa shape index (κ2) is 8.15. The molecule has 0 aliphatic carbocycles. The molecule has 8 heteroatoms. The molecule has 1 amide bonds. The minimum atomic E-state index is -0.473. The van der Waals surface area contributed by atoms with Crippen molar-refractivity contribution in [1.29, 1.82) is 0 Å². The van der Waals surface area contributed by atoms with E-state index in [9.17, 15) is 9.59 Å². The van der Waals surface area contributed by atoms with Gasteiger partial charge in [-0.15, -0.1) is 0 Å². The number of thioether (sulfide) groups is 1. The predicted molar refractivity (Wildman–Crippen MR) is 97.6 cm³/mol. The van der Waals surface area contributed by atoms with Crippen molar-refractivity contribution >= 4 is 69.5 Å². The third-order valence-electron chi connectivity index (χ3n) is 2.87. The molecule has 1 fully saturated rings. The van der Waals surface area contributed by atoms with E-state index in [1.807, 2.05) is 6.92 Å². The molecule has 122 valence electrons. The highest BCUT2D eigenvalue weighted by molar-refractivity contribution is 8.26. The number of esters is 1. The Morgan fingerprint density at radius 3 is 2.78 bits per heavy atom. The van der Waals surface area contributed by atoms with Crippen molar-refractivity contribution in [1.82, 2.24) is 4.90 Å². The maximum Gasteiger partial charge on any atom is 0.326 e. The van der Waals surface area contributed by atoms with Gasteiger partial charge in [0.2, 0.25) is 0 Å². The SMILES string of the molecule is CCCOC(=O)CN1C(=O)/C(=C/c2ccc(Cl)c(Cl)c2)SC1=S. The molecule has 1 heterocycles. The van der Waals surface area contributed by atoms with Gasteiger partial charge in [0.15, 0.2) is 0 Å². The van der Waals surface area contributed by atoms with Crippen molar-refractivity contribution in [2.24, 2.45) is 0 Å². The minimum absolute atomic E-state index is 0.177. The highest BCUT2D eigenvalue weighted by Gasteiger charge is 2.33. The quantitative estimate of drug-likeness (QED) is 0.430. The third kappa shape index (κ3) is 4.70. The number of ether oxygens (including phenoxy) is 1. The van der Waals surface area contributed by atoms with E-state index < -0.39 is 5.97 Å².